The fourth-order valence-electron chi connectivity index (χ4n) is 3.22. The molecular formula is C20H21NO5S. The van der Waals surface area contributed by atoms with Crippen molar-refractivity contribution in [3.8, 4) is 0 Å². The summed E-state index contributed by atoms with van der Waals surface area (Å²) in [5.41, 5.74) is 1.78. The maximum atomic E-state index is 12.4. The molecule has 2 N–H and O–H groups in total. The molecule has 6 nitrogen and oxygen atoms in total. The van der Waals surface area contributed by atoms with E-state index in [1.807, 2.05) is 6.07 Å². The van der Waals surface area contributed by atoms with Gasteiger partial charge in [-0.1, -0.05) is 42.5 Å². The molecule has 0 aromatic heterocycles. The van der Waals surface area contributed by atoms with Gasteiger partial charge in [-0.25, -0.2) is 8.42 Å². The van der Waals surface area contributed by atoms with Crippen LogP contribution in [0.3, 0.4) is 0 Å². The minimum absolute atomic E-state index is 0.0488. The zero-order valence-corrected chi connectivity index (χ0v) is 15.5. The Morgan fingerprint density at radius 2 is 1.56 bits per heavy atom. The number of sulfone groups is 1. The minimum Gasteiger partial charge on any atom is -0.481 e. The molecule has 0 radical (unpaired) electrons. The Bertz CT molecular complexity index is 940. The SMILES string of the molecule is O=C(O)C1CCC1C(=O)Nc1cccc(CS(=O)(=O)Cc2ccccc2)c1. The second-order valence-electron chi connectivity index (χ2n) is 6.84. The van der Waals surface area contributed by atoms with Gasteiger partial charge in [0.1, 0.15) is 0 Å². The Kier molecular flexibility index (Phi) is 5.60. The number of hydrogen-bond donors (Lipinski definition) is 2. The van der Waals surface area contributed by atoms with Crippen LogP contribution >= 0.6 is 0 Å². The molecule has 7 heteroatoms. The van der Waals surface area contributed by atoms with E-state index in [2.05, 4.69) is 5.32 Å². The maximum absolute atomic E-state index is 12.4. The lowest BCUT2D eigenvalue weighted by molar-refractivity contribution is -0.151. The monoisotopic (exact) mass is 387 g/mol. The van der Waals surface area contributed by atoms with Crippen molar-refractivity contribution >= 4 is 27.4 Å². The van der Waals surface area contributed by atoms with E-state index in [0.29, 0.717) is 24.1 Å². The average Bonchev–Trinajstić information content (AvgIpc) is 2.53. The number of amides is 1. The molecule has 2 unspecified atom stereocenters. The third kappa shape index (κ3) is 4.95. The highest BCUT2D eigenvalue weighted by Gasteiger charge is 2.41. The lowest BCUT2D eigenvalue weighted by atomic mass is 9.73. The van der Waals surface area contributed by atoms with Crippen LogP contribution in [0.2, 0.25) is 0 Å². The molecule has 0 saturated heterocycles. The van der Waals surface area contributed by atoms with Gasteiger partial charge in [0.05, 0.1) is 23.3 Å². The quantitative estimate of drug-likeness (QED) is 0.761. The van der Waals surface area contributed by atoms with Gasteiger partial charge in [-0.05, 0) is 36.1 Å². The van der Waals surface area contributed by atoms with Crippen LogP contribution in [0.25, 0.3) is 0 Å². The molecule has 1 aliphatic carbocycles. The van der Waals surface area contributed by atoms with Crippen LogP contribution in [-0.4, -0.2) is 25.4 Å². The second kappa shape index (κ2) is 7.92. The van der Waals surface area contributed by atoms with Crippen molar-refractivity contribution in [3.05, 3.63) is 65.7 Å². The number of hydrogen-bond acceptors (Lipinski definition) is 4. The average molecular weight is 387 g/mol. The van der Waals surface area contributed by atoms with Crippen LogP contribution in [0.15, 0.2) is 54.6 Å². The normalized spacial score (nSPS) is 19.1. The number of carbonyl (C=O) groups excluding carboxylic acids is 1. The van der Waals surface area contributed by atoms with Gasteiger partial charge in [-0.3, -0.25) is 9.59 Å². The number of rotatable bonds is 7. The summed E-state index contributed by atoms with van der Waals surface area (Å²) >= 11 is 0. The molecule has 0 spiro atoms. The molecular weight excluding hydrogens is 366 g/mol. The fourth-order valence-corrected chi connectivity index (χ4v) is 4.71. The first-order valence-corrected chi connectivity index (χ1v) is 10.5. The number of carboxylic acids is 1. The molecule has 2 atom stereocenters. The van der Waals surface area contributed by atoms with Crippen LogP contribution in [0.4, 0.5) is 5.69 Å². The summed E-state index contributed by atoms with van der Waals surface area (Å²) in [4.78, 5) is 23.3. The van der Waals surface area contributed by atoms with Crippen LogP contribution in [0.1, 0.15) is 24.0 Å². The topological polar surface area (TPSA) is 101 Å². The van der Waals surface area contributed by atoms with Gasteiger partial charge in [0.25, 0.3) is 0 Å². The van der Waals surface area contributed by atoms with Crippen molar-refractivity contribution < 1.29 is 23.1 Å². The van der Waals surface area contributed by atoms with E-state index in [4.69, 9.17) is 5.11 Å². The predicted molar refractivity (Wildman–Crippen MR) is 102 cm³/mol. The highest BCUT2D eigenvalue weighted by molar-refractivity contribution is 7.89. The summed E-state index contributed by atoms with van der Waals surface area (Å²) in [5, 5.41) is 11.8. The van der Waals surface area contributed by atoms with Crippen molar-refractivity contribution in [3.63, 3.8) is 0 Å². The Morgan fingerprint density at radius 3 is 2.19 bits per heavy atom. The number of carboxylic acid groups (broad SMARTS) is 1. The Hall–Kier alpha value is -2.67. The van der Waals surface area contributed by atoms with Crippen LogP contribution in [-0.2, 0) is 30.9 Å². The predicted octanol–water partition coefficient (Wildman–Crippen LogP) is 2.85. The Morgan fingerprint density at radius 1 is 0.926 bits per heavy atom. The van der Waals surface area contributed by atoms with E-state index >= 15 is 0 Å². The lowest BCUT2D eigenvalue weighted by Gasteiger charge is -2.31. The second-order valence-corrected chi connectivity index (χ2v) is 8.90. The molecule has 0 aliphatic heterocycles. The Labute approximate surface area is 158 Å². The van der Waals surface area contributed by atoms with E-state index in [-0.39, 0.29) is 17.4 Å². The van der Waals surface area contributed by atoms with Gasteiger partial charge in [0.2, 0.25) is 5.91 Å². The number of aliphatic carboxylic acids is 1. The molecule has 1 saturated carbocycles. The van der Waals surface area contributed by atoms with E-state index in [1.54, 1.807) is 48.5 Å². The van der Waals surface area contributed by atoms with Crippen LogP contribution < -0.4 is 5.32 Å². The molecule has 0 bridgehead atoms. The van der Waals surface area contributed by atoms with Gasteiger partial charge in [-0.15, -0.1) is 0 Å². The molecule has 1 aliphatic rings. The zero-order valence-electron chi connectivity index (χ0n) is 14.7. The molecule has 3 rings (SSSR count). The van der Waals surface area contributed by atoms with E-state index in [0.717, 1.165) is 5.56 Å². The molecule has 27 heavy (non-hydrogen) atoms. The summed E-state index contributed by atoms with van der Waals surface area (Å²) in [6.07, 6.45) is 1.05. The van der Waals surface area contributed by atoms with E-state index < -0.39 is 27.6 Å². The first kappa shape index (κ1) is 19.1. The number of benzene rings is 2. The summed E-state index contributed by atoms with van der Waals surface area (Å²) in [5.74, 6) is -2.65. The van der Waals surface area contributed by atoms with Crippen molar-refractivity contribution in [1.82, 2.24) is 0 Å². The van der Waals surface area contributed by atoms with Crippen molar-refractivity contribution in [1.29, 1.82) is 0 Å². The van der Waals surface area contributed by atoms with Gasteiger partial charge < -0.3 is 10.4 Å². The lowest BCUT2D eigenvalue weighted by Crippen LogP contribution is -2.41. The van der Waals surface area contributed by atoms with Crippen LogP contribution in [0, 0.1) is 11.8 Å². The van der Waals surface area contributed by atoms with E-state index in [9.17, 15) is 18.0 Å². The summed E-state index contributed by atoms with van der Waals surface area (Å²) in [7, 11) is -3.35. The number of anilines is 1. The van der Waals surface area contributed by atoms with Gasteiger partial charge in [-0.2, -0.15) is 0 Å². The van der Waals surface area contributed by atoms with Gasteiger partial charge in [0.15, 0.2) is 9.84 Å². The van der Waals surface area contributed by atoms with Gasteiger partial charge >= 0.3 is 5.97 Å². The van der Waals surface area contributed by atoms with Crippen LogP contribution in [0.5, 0.6) is 0 Å². The molecule has 1 amide bonds. The van der Waals surface area contributed by atoms with Gasteiger partial charge in [0, 0.05) is 5.69 Å². The zero-order chi connectivity index (χ0) is 19.4. The molecule has 0 heterocycles. The largest absolute Gasteiger partial charge is 0.481 e. The molecule has 2 aromatic rings. The maximum Gasteiger partial charge on any atom is 0.307 e. The first-order chi connectivity index (χ1) is 12.8. The standard InChI is InChI=1S/C20H21NO5S/c22-19(17-9-10-18(17)20(23)24)21-16-8-4-7-15(11-16)13-27(25,26)12-14-5-2-1-3-6-14/h1-8,11,17-18H,9-10,12-13H2,(H,21,22)(H,23,24). The molecule has 2 aromatic carbocycles. The third-order valence-electron chi connectivity index (χ3n) is 4.74. The smallest absolute Gasteiger partial charge is 0.307 e. The van der Waals surface area contributed by atoms with E-state index in [1.165, 1.54) is 0 Å². The van der Waals surface area contributed by atoms with Crippen molar-refractivity contribution in [2.24, 2.45) is 11.8 Å². The third-order valence-corrected chi connectivity index (χ3v) is 6.29. The summed E-state index contributed by atoms with van der Waals surface area (Å²) in [6.45, 7) is 0. The Balaban J connectivity index is 1.65. The highest BCUT2D eigenvalue weighted by Crippen LogP contribution is 2.35. The highest BCUT2D eigenvalue weighted by atomic mass is 32.2. The summed E-state index contributed by atoms with van der Waals surface area (Å²) in [6, 6.07) is 15.6. The summed E-state index contributed by atoms with van der Waals surface area (Å²) < 4.78 is 24.9. The van der Waals surface area contributed by atoms with Crippen molar-refractivity contribution in [2.45, 2.75) is 24.3 Å². The molecule has 1 fully saturated rings. The number of nitrogens with one attached hydrogen (secondary N) is 1. The number of carbonyl (C=O) groups is 2. The minimum atomic E-state index is -3.35. The van der Waals surface area contributed by atoms with Crippen molar-refractivity contribution in [2.75, 3.05) is 5.32 Å². The molecule has 142 valence electrons. The fraction of sp³-hybridized carbons (Fsp3) is 0.300. The first-order valence-electron chi connectivity index (χ1n) is 8.71.